The molecule has 14 heavy (non-hydrogen) atoms. The third-order valence-corrected chi connectivity index (χ3v) is 3.34. The van der Waals surface area contributed by atoms with Gasteiger partial charge in [-0.05, 0) is 19.4 Å². The second-order valence-corrected chi connectivity index (χ2v) is 5.01. The summed E-state index contributed by atoms with van der Waals surface area (Å²) >= 11 is 0. The van der Waals surface area contributed by atoms with E-state index in [1.807, 2.05) is 6.92 Å². The highest BCUT2D eigenvalue weighted by atomic mass is 32.2. The fourth-order valence-electron chi connectivity index (χ4n) is 1.02. The Morgan fingerprint density at radius 1 is 1.50 bits per heavy atom. The van der Waals surface area contributed by atoms with E-state index in [9.17, 15) is 8.42 Å². The molecule has 5 nitrogen and oxygen atoms in total. The van der Waals surface area contributed by atoms with Crippen LogP contribution >= 0.6 is 0 Å². The van der Waals surface area contributed by atoms with E-state index in [-0.39, 0.29) is 11.8 Å². The standard InChI is InChI=1S/C8H20N2O3S/c1-3-8(7-13-2)10-14(11,12)6-4-5-9/h8,10H,3-7,9H2,1-2H3. The molecule has 0 spiro atoms. The zero-order chi connectivity index (χ0) is 11.0. The number of hydrogen-bond acceptors (Lipinski definition) is 4. The summed E-state index contributed by atoms with van der Waals surface area (Å²) in [5, 5.41) is 0. The van der Waals surface area contributed by atoms with Gasteiger partial charge in [0, 0.05) is 13.2 Å². The molecule has 0 saturated heterocycles. The van der Waals surface area contributed by atoms with Crippen molar-refractivity contribution in [1.82, 2.24) is 4.72 Å². The largest absolute Gasteiger partial charge is 0.383 e. The molecule has 0 aliphatic heterocycles. The van der Waals surface area contributed by atoms with E-state index in [2.05, 4.69) is 4.72 Å². The molecule has 0 radical (unpaired) electrons. The van der Waals surface area contributed by atoms with Gasteiger partial charge in [0.1, 0.15) is 0 Å². The lowest BCUT2D eigenvalue weighted by Crippen LogP contribution is -2.39. The Bertz CT molecular complexity index is 229. The van der Waals surface area contributed by atoms with Crippen molar-refractivity contribution in [1.29, 1.82) is 0 Å². The first kappa shape index (κ1) is 13.8. The zero-order valence-electron chi connectivity index (χ0n) is 8.82. The molecule has 1 atom stereocenters. The molecule has 0 aromatic carbocycles. The first-order valence-corrected chi connectivity index (χ1v) is 6.40. The van der Waals surface area contributed by atoms with E-state index in [4.69, 9.17) is 10.5 Å². The Morgan fingerprint density at radius 3 is 2.57 bits per heavy atom. The maximum atomic E-state index is 11.4. The average Bonchev–Trinajstić information content (AvgIpc) is 2.14. The minimum absolute atomic E-state index is 0.0870. The van der Waals surface area contributed by atoms with Crippen LogP contribution in [-0.4, -0.2) is 40.5 Å². The van der Waals surface area contributed by atoms with Gasteiger partial charge in [-0.1, -0.05) is 6.92 Å². The molecule has 0 bridgehead atoms. The van der Waals surface area contributed by atoms with Crippen LogP contribution in [0.2, 0.25) is 0 Å². The summed E-state index contributed by atoms with van der Waals surface area (Å²) in [4.78, 5) is 0. The lowest BCUT2D eigenvalue weighted by atomic mass is 10.3. The van der Waals surface area contributed by atoms with Gasteiger partial charge < -0.3 is 10.5 Å². The smallest absolute Gasteiger partial charge is 0.211 e. The predicted molar refractivity (Wildman–Crippen MR) is 56.5 cm³/mol. The molecule has 86 valence electrons. The van der Waals surface area contributed by atoms with E-state index in [1.54, 1.807) is 7.11 Å². The lowest BCUT2D eigenvalue weighted by Gasteiger charge is -2.15. The molecule has 0 aliphatic rings. The molecular formula is C8H20N2O3S. The highest BCUT2D eigenvalue weighted by molar-refractivity contribution is 7.89. The normalized spacial score (nSPS) is 14.2. The van der Waals surface area contributed by atoms with Gasteiger partial charge in [-0.3, -0.25) is 0 Å². The van der Waals surface area contributed by atoms with Gasteiger partial charge in [-0.2, -0.15) is 0 Å². The number of methoxy groups -OCH3 is 1. The van der Waals surface area contributed by atoms with Crippen LogP contribution in [0.5, 0.6) is 0 Å². The number of hydrogen-bond donors (Lipinski definition) is 2. The minimum atomic E-state index is -3.19. The zero-order valence-corrected chi connectivity index (χ0v) is 9.64. The van der Waals surface area contributed by atoms with Crippen LogP contribution in [0.1, 0.15) is 19.8 Å². The van der Waals surface area contributed by atoms with Gasteiger partial charge in [0.15, 0.2) is 0 Å². The molecule has 0 saturated carbocycles. The minimum Gasteiger partial charge on any atom is -0.383 e. The average molecular weight is 224 g/mol. The van der Waals surface area contributed by atoms with E-state index in [1.165, 1.54) is 0 Å². The summed E-state index contributed by atoms with van der Waals surface area (Å²) in [6, 6.07) is -0.136. The molecule has 0 aliphatic carbocycles. The number of sulfonamides is 1. The van der Waals surface area contributed by atoms with Crippen LogP contribution in [-0.2, 0) is 14.8 Å². The fraction of sp³-hybridized carbons (Fsp3) is 1.00. The van der Waals surface area contributed by atoms with Crippen molar-refractivity contribution in [2.24, 2.45) is 5.73 Å². The molecular weight excluding hydrogens is 204 g/mol. The number of rotatable bonds is 8. The second-order valence-electron chi connectivity index (χ2n) is 3.14. The van der Waals surface area contributed by atoms with Crippen molar-refractivity contribution in [2.75, 3.05) is 26.0 Å². The van der Waals surface area contributed by atoms with Crippen LogP contribution in [0.25, 0.3) is 0 Å². The molecule has 0 fully saturated rings. The van der Waals surface area contributed by atoms with Crippen LogP contribution in [0, 0.1) is 0 Å². The molecule has 3 N–H and O–H groups in total. The van der Waals surface area contributed by atoms with Crippen LogP contribution in [0.3, 0.4) is 0 Å². The van der Waals surface area contributed by atoms with Crippen LogP contribution in [0.15, 0.2) is 0 Å². The third kappa shape index (κ3) is 6.31. The molecule has 1 unspecified atom stereocenters. The monoisotopic (exact) mass is 224 g/mol. The molecule has 0 heterocycles. The van der Waals surface area contributed by atoms with Crippen molar-refractivity contribution in [3.05, 3.63) is 0 Å². The number of ether oxygens (including phenoxy) is 1. The van der Waals surface area contributed by atoms with Crippen molar-refractivity contribution in [2.45, 2.75) is 25.8 Å². The first-order valence-electron chi connectivity index (χ1n) is 4.74. The Labute approximate surface area is 86.1 Å². The summed E-state index contributed by atoms with van der Waals surface area (Å²) in [6.45, 7) is 2.70. The van der Waals surface area contributed by atoms with E-state index in [0.717, 1.165) is 6.42 Å². The van der Waals surface area contributed by atoms with E-state index < -0.39 is 10.0 Å². The van der Waals surface area contributed by atoms with Gasteiger partial charge in [0.2, 0.25) is 10.0 Å². The first-order chi connectivity index (χ1) is 6.55. The van der Waals surface area contributed by atoms with E-state index in [0.29, 0.717) is 19.6 Å². The van der Waals surface area contributed by atoms with Gasteiger partial charge in [-0.25, -0.2) is 13.1 Å². The summed E-state index contributed by atoms with van der Waals surface area (Å²) < 4.78 is 30.3. The molecule has 0 aromatic heterocycles. The highest BCUT2D eigenvalue weighted by Crippen LogP contribution is 1.96. The lowest BCUT2D eigenvalue weighted by molar-refractivity contribution is 0.173. The molecule has 6 heteroatoms. The summed E-state index contributed by atoms with van der Waals surface area (Å²) in [7, 11) is -1.63. The van der Waals surface area contributed by atoms with Crippen LogP contribution in [0.4, 0.5) is 0 Å². The third-order valence-electron chi connectivity index (χ3n) is 1.82. The number of nitrogens with one attached hydrogen (secondary N) is 1. The van der Waals surface area contributed by atoms with Gasteiger partial charge >= 0.3 is 0 Å². The topological polar surface area (TPSA) is 81.4 Å². The quantitative estimate of drug-likeness (QED) is 0.592. The van der Waals surface area contributed by atoms with Crippen LogP contribution < -0.4 is 10.5 Å². The molecule has 0 amide bonds. The Hall–Kier alpha value is -0.170. The predicted octanol–water partition coefficient (Wildman–Crippen LogP) is -0.320. The van der Waals surface area contributed by atoms with Gasteiger partial charge in [-0.15, -0.1) is 0 Å². The number of nitrogens with two attached hydrogens (primary N) is 1. The maximum Gasteiger partial charge on any atom is 0.211 e. The Kier molecular flexibility index (Phi) is 7.08. The fourth-order valence-corrected chi connectivity index (χ4v) is 2.43. The van der Waals surface area contributed by atoms with Crippen molar-refractivity contribution in [3.63, 3.8) is 0 Å². The van der Waals surface area contributed by atoms with Gasteiger partial charge in [0.25, 0.3) is 0 Å². The Balaban J connectivity index is 4.04. The van der Waals surface area contributed by atoms with Gasteiger partial charge in [0.05, 0.1) is 12.4 Å². The van der Waals surface area contributed by atoms with E-state index >= 15 is 0 Å². The van der Waals surface area contributed by atoms with Crippen molar-refractivity contribution in [3.8, 4) is 0 Å². The van der Waals surface area contributed by atoms with Crippen molar-refractivity contribution >= 4 is 10.0 Å². The summed E-state index contributed by atoms with van der Waals surface area (Å²) in [5.41, 5.74) is 5.24. The highest BCUT2D eigenvalue weighted by Gasteiger charge is 2.15. The Morgan fingerprint density at radius 2 is 2.14 bits per heavy atom. The molecule has 0 rings (SSSR count). The summed E-state index contributed by atoms with van der Waals surface area (Å²) in [5.74, 6) is 0.0870. The summed E-state index contributed by atoms with van der Waals surface area (Å²) in [6.07, 6.45) is 1.20. The van der Waals surface area contributed by atoms with Crippen molar-refractivity contribution < 1.29 is 13.2 Å². The SMILES string of the molecule is CCC(COC)NS(=O)(=O)CCCN. The second kappa shape index (κ2) is 7.17. The molecule has 0 aromatic rings. The maximum absolute atomic E-state index is 11.4.